The standard InChI is InChI=1S/C20H17N3O2S2/c1-2-25-14-8-9-16-17(11-14)27-20(22-16)23-18(24)12-26-19-10-7-13-5-3-4-6-15(13)21-19/h3-11H,2,12H2,1H3,(H,22,23,24). The van der Waals surface area contributed by atoms with E-state index in [1.54, 1.807) is 0 Å². The van der Waals surface area contributed by atoms with Gasteiger partial charge in [-0.15, -0.1) is 0 Å². The van der Waals surface area contributed by atoms with Gasteiger partial charge in [0.05, 0.1) is 33.1 Å². The third kappa shape index (κ3) is 4.20. The minimum absolute atomic E-state index is 0.0981. The minimum Gasteiger partial charge on any atom is -0.494 e. The van der Waals surface area contributed by atoms with Gasteiger partial charge in [-0.2, -0.15) is 0 Å². The number of hydrogen-bond acceptors (Lipinski definition) is 6. The van der Waals surface area contributed by atoms with Gasteiger partial charge in [0, 0.05) is 5.39 Å². The number of carbonyl (C=O) groups excluding carboxylic acids is 1. The van der Waals surface area contributed by atoms with Gasteiger partial charge in [0.25, 0.3) is 0 Å². The smallest absolute Gasteiger partial charge is 0.236 e. The van der Waals surface area contributed by atoms with Crippen molar-refractivity contribution in [2.75, 3.05) is 17.7 Å². The predicted octanol–water partition coefficient (Wildman–Crippen LogP) is 4.97. The van der Waals surface area contributed by atoms with Crippen molar-refractivity contribution >= 4 is 55.3 Å². The second-order valence-corrected chi connectivity index (χ2v) is 7.79. The Balaban J connectivity index is 1.40. The lowest BCUT2D eigenvalue weighted by atomic mass is 10.2. The summed E-state index contributed by atoms with van der Waals surface area (Å²) in [6, 6.07) is 17.6. The monoisotopic (exact) mass is 395 g/mol. The number of aromatic nitrogens is 2. The number of nitrogens with one attached hydrogen (secondary N) is 1. The molecule has 2 heterocycles. The molecule has 0 spiro atoms. The van der Waals surface area contributed by atoms with Gasteiger partial charge in [-0.3, -0.25) is 4.79 Å². The van der Waals surface area contributed by atoms with E-state index in [4.69, 9.17) is 4.74 Å². The maximum Gasteiger partial charge on any atom is 0.236 e. The first-order valence-corrected chi connectivity index (χ1v) is 10.3. The third-order valence-corrected chi connectivity index (χ3v) is 5.70. The SMILES string of the molecule is CCOc1ccc2nc(NC(=O)CSc3ccc4ccccc4n3)sc2c1. The van der Waals surface area contributed by atoms with Crippen molar-refractivity contribution in [2.24, 2.45) is 0 Å². The third-order valence-electron chi connectivity index (χ3n) is 3.84. The Morgan fingerprint density at radius 1 is 1.11 bits per heavy atom. The van der Waals surface area contributed by atoms with Gasteiger partial charge in [0.2, 0.25) is 5.91 Å². The average molecular weight is 396 g/mol. The van der Waals surface area contributed by atoms with E-state index in [0.717, 1.165) is 31.9 Å². The van der Waals surface area contributed by atoms with Crippen molar-refractivity contribution in [3.63, 3.8) is 0 Å². The highest BCUT2D eigenvalue weighted by molar-refractivity contribution is 7.99. The molecule has 1 amide bonds. The quantitative estimate of drug-likeness (QED) is 0.467. The van der Waals surface area contributed by atoms with Crippen LogP contribution in [0, 0.1) is 0 Å². The molecule has 0 aliphatic rings. The molecule has 1 N–H and O–H groups in total. The average Bonchev–Trinajstić information content (AvgIpc) is 3.08. The molecule has 2 aromatic heterocycles. The van der Waals surface area contributed by atoms with Crippen LogP contribution in [0.3, 0.4) is 0 Å². The molecule has 0 saturated carbocycles. The van der Waals surface area contributed by atoms with Crippen LogP contribution in [-0.2, 0) is 4.79 Å². The van der Waals surface area contributed by atoms with E-state index in [1.807, 2.05) is 61.5 Å². The topological polar surface area (TPSA) is 64.1 Å². The Labute approximate surface area is 164 Å². The molecule has 0 radical (unpaired) electrons. The van der Waals surface area contributed by atoms with Crippen molar-refractivity contribution in [1.29, 1.82) is 0 Å². The van der Waals surface area contributed by atoms with Gasteiger partial charge in [0.15, 0.2) is 5.13 Å². The number of thioether (sulfide) groups is 1. The number of nitrogens with zero attached hydrogens (tertiary/aromatic N) is 2. The van der Waals surface area contributed by atoms with Crippen molar-refractivity contribution in [1.82, 2.24) is 9.97 Å². The fourth-order valence-electron chi connectivity index (χ4n) is 2.64. The van der Waals surface area contributed by atoms with Crippen molar-refractivity contribution < 1.29 is 9.53 Å². The summed E-state index contributed by atoms with van der Waals surface area (Å²) in [5.41, 5.74) is 1.78. The van der Waals surface area contributed by atoms with Gasteiger partial charge in [-0.1, -0.05) is 47.4 Å². The van der Waals surface area contributed by atoms with E-state index in [9.17, 15) is 4.79 Å². The number of rotatable bonds is 6. The lowest BCUT2D eigenvalue weighted by Crippen LogP contribution is -2.13. The lowest BCUT2D eigenvalue weighted by Gasteiger charge is -2.03. The summed E-state index contributed by atoms with van der Waals surface area (Å²) in [6.45, 7) is 2.57. The predicted molar refractivity (Wildman–Crippen MR) is 112 cm³/mol. The van der Waals surface area contributed by atoms with Crippen LogP contribution in [0.15, 0.2) is 59.6 Å². The number of para-hydroxylation sites is 1. The van der Waals surface area contributed by atoms with E-state index in [0.29, 0.717) is 11.7 Å². The molecular formula is C20H17N3O2S2. The van der Waals surface area contributed by atoms with Gasteiger partial charge >= 0.3 is 0 Å². The lowest BCUT2D eigenvalue weighted by molar-refractivity contribution is -0.113. The van der Waals surface area contributed by atoms with E-state index < -0.39 is 0 Å². The van der Waals surface area contributed by atoms with Crippen LogP contribution in [0.2, 0.25) is 0 Å². The van der Waals surface area contributed by atoms with Crippen LogP contribution in [-0.4, -0.2) is 28.2 Å². The highest BCUT2D eigenvalue weighted by Crippen LogP contribution is 2.29. The van der Waals surface area contributed by atoms with Crippen LogP contribution >= 0.6 is 23.1 Å². The van der Waals surface area contributed by atoms with Crippen LogP contribution in [0.1, 0.15) is 6.92 Å². The first-order valence-electron chi connectivity index (χ1n) is 8.53. The summed E-state index contributed by atoms with van der Waals surface area (Å²) in [6.07, 6.45) is 0. The van der Waals surface area contributed by atoms with Gasteiger partial charge in [-0.05, 0) is 37.3 Å². The molecule has 0 atom stereocenters. The number of amides is 1. The normalized spacial score (nSPS) is 11.0. The number of hydrogen-bond donors (Lipinski definition) is 1. The van der Waals surface area contributed by atoms with E-state index in [-0.39, 0.29) is 11.7 Å². The fraction of sp³-hybridized carbons (Fsp3) is 0.150. The first kappa shape index (κ1) is 17.8. The Kier molecular flexibility index (Phi) is 5.22. The number of ether oxygens (including phenoxy) is 1. The van der Waals surface area contributed by atoms with Crippen LogP contribution in [0.4, 0.5) is 5.13 Å². The van der Waals surface area contributed by atoms with Crippen molar-refractivity contribution in [3.8, 4) is 5.75 Å². The zero-order chi connectivity index (χ0) is 18.6. The molecule has 5 nitrogen and oxygen atoms in total. The van der Waals surface area contributed by atoms with Crippen molar-refractivity contribution in [3.05, 3.63) is 54.6 Å². The van der Waals surface area contributed by atoms with E-state index in [2.05, 4.69) is 15.3 Å². The fourth-order valence-corrected chi connectivity index (χ4v) is 4.23. The summed E-state index contributed by atoms with van der Waals surface area (Å²) >= 11 is 2.85. The first-order chi connectivity index (χ1) is 13.2. The molecule has 0 unspecified atom stereocenters. The van der Waals surface area contributed by atoms with Gasteiger partial charge in [-0.25, -0.2) is 9.97 Å². The molecule has 4 rings (SSSR count). The van der Waals surface area contributed by atoms with E-state index in [1.165, 1.54) is 23.1 Å². The molecule has 0 aliphatic heterocycles. The minimum atomic E-state index is -0.0981. The molecule has 27 heavy (non-hydrogen) atoms. The summed E-state index contributed by atoms with van der Waals surface area (Å²) in [4.78, 5) is 21.3. The number of anilines is 1. The molecule has 0 saturated heterocycles. The Hall–Kier alpha value is -2.64. The zero-order valence-electron chi connectivity index (χ0n) is 14.6. The molecule has 7 heteroatoms. The Bertz CT molecular complexity index is 1110. The molecule has 0 aliphatic carbocycles. The summed E-state index contributed by atoms with van der Waals surface area (Å²) in [7, 11) is 0. The van der Waals surface area contributed by atoms with Gasteiger partial charge < -0.3 is 10.1 Å². The van der Waals surface area contributed by atoms with Crippen LogP contribution < -0.4 is 10.1 Å². The van der Waals surface area contributed by atoms with Gasteiger partial charge in [0.1, 0.15) is 5.75 Å². The highest BCUT2D eigenvalue weighted by atomic mass is 32.2. The molecule has 0 bridgehead atoms. The maximum atomic E-state index is 12.3. The second kappa shape index (κ2) is 7.94. The molecular weight excluding hydrogens is 378 g/mol. The highest BCUT2D eigenvalue weighted by Gasteiger charge is 2.10. The Morgan fingerprint density at radius 2 is 2.00 bits per heavy atom. The molecule has 4 aromatic rings. The number of thiazole rings is 1. The molecule has 136 valence electrons. The molecule has 2 aromatic carbocycles. The number of pyridine rings is 1. The number of fused-ring (bicyclic) bond motifs is 2. The summed E-state index contributed by atoms with van der Waals surface area (Å²) in [5.74, 6) is 0.995. The van der Waals surface area contributed by atoms with Crippen LogP contribution in [0.25, 0.3) is 21.1 Å². The maximum absolute atomic E-state index is 12.3. The van der Waals surface area contributed by atoms with Crippen molar-refractivity contribution in [2.45, 2.75) is 11.9 Å². The van der Waals surface area contributed by atoms with Crippen LogP contribution in [0.5, 0.6) is 5.75 Å². The Morgan fingerprint density at radius 3 is 2.89 bits per heavy atom. The van der Waals surface area contributed by atoms with E-state index >= 15 is 0 Å². The zero-order valence-corrected chi connectivity index (χ0v) is 16.3. The number of benzene rings is 2. The second-order valence-electron chi connectivity index (χ2n) is 5.76. The largest absolute Gasteiger partial charge is 0.494 e. The molecule has 0 fully saturated rings. The summed E-state index contributed by atoms with van der Waals surface area (Å²) in [5, 5.41) is 5.38. The summed E-state index contributed by atoms with van der Waals surface area (Å²) < 4.78 is 6.49. The number of carbonyl (C=O) groups is 1.